The van der Waals surface area contributed by atoms with Crippen LogP contribution in [0.15, 0.2) is 18.7 Å². The van der Waals surface area contributed by atoms with Gasteiger partial charge in [-0.1, -0.05) is 95.8 Å². The van der Waals surface area contributed by atoms with E-state index in [1.54, 1.807) is 12.4 Å². The van der Waals surface area contributed by atoms with Gasteiger partial charge in [0.15, 0.2) is 0 Å². The average molecular weight is 590 g/mol. The fraction of sp³-hybridized carbons (Fsp3) is 0.870. The maximum absolute atomic E-state index is 4.66. The standard InChI is InChI=1S/2C10H18N2.C3H3N2.Os/c2*1-3-7-11-9(5-1)10-6-2-4-8-12-10;1-2-5-3-4-1;/h2*9-10H,1-8H2;1-3H;/q2*-2;-1;+7. The van der Waals surface area contributed by atoms with E-state index in [-0.39, 0.29) is 19.8 Å². The van der Waals surface area contributed by atoms with Crippen LogP contribution in [0.2, 0.25) is 0 Å². The van der Waals surface area contributed by atoms with Gasteiger partial charge in [-0.3, -0.25) is 0 Å². The predicted octanol–water partition coefficient (Wildman–Crippen LogP) is 5.71. The van der Waals surface area contributed by atoms with Gasteiger partial charge in [-0.05, 0) is 0 Å². The van der Waals surface area contributed by atoms with Crippen molar-refractivity contribution in [2.24, 2.45) is 0 Å². The van der Waals surface area contributed by atoms with E-state index in [4.69, 9.17) is 0 Å². The summed E-state index contributed by atoms with van der Waals surface area (Å²) in [6.07, 6.45) is 20.7. The third kappa shape index (κ3) is 9.87. The molecule has 0 saturated carbocycles. The molecule has 1 aromatic heterocycles. The molecule has 7 heteroatoms. The SMILES string of the molecule is C1CCC(C2CCCC[N-]2)[N-]C1.C1CCC(C2CCCC[N-]2)[N-]C1.[Os+7].c1c[n-]cn1. The van der Waals surface area contributed by atoms with Crippen LogP contribution < -0.4 is 4.98 Å². The number of piperidine rings is 4. The molecule has 4 aliphatic rings. The molecule has 0 aromatic carbocycles. The van der Waals surface area contributed by atoms with Crippen LogP contribution in [0.1, 0.15) is 77.0 Å². The van der Waals surface area contributed by atoms with Gasteiger partial charge in [-0.15, -0.1) is 26.2 Å². The van der Waals surface area contributed by atoms with E-state index in [1.807, 2.05) is 0 Å². The molecule has 4 atom stereocenters. The van der Waals surface area contributed by atoms with Gasteiger partial charge in [0.05, 0.1) is 0 Å². The molecule has 4 saturated heterocycles. The first kappa shape index (κ1) is 25.9. The molecular weight excluding hydrogens is 551 g/mol. The maximum Gasteiger partial charge on any atom is 7.00 e. The molecular formula is C23H39N6Os+2. The van der Waals surface area contributed by atoms with Gasteiger partial charge in [0.2, 0.25) is 0 Å². The molecule has 0 spiro atoms. The summed E-state index contributed by atoms with van der Waals surface area (Å²) >= 11 is 0. The second kappa shape index (κ2) is 16.3. The largest absolute Gasteiger partial charge is 7.00 e. The van der Waals surface area contributed by atoms with Gasteiger partial charge in [0.25, 0.3) is 0 Å². The van der Waals surface area contributed by atoms with Crippen LogP contribution in [0.5, 0.6) is 0 Å². The molecule has 167 valence electrons. The monoisotopic (exact) mass is 591 g/mol. The zero-order valence-corrected chi connectivity index (χ0v) is 20.9. The zero-order valence-electron chi connectivity index (χ0n) is 18.4. The molecule has 30 heavy (non-hydrogen) atoms. The quantitative estimate of drug-likeness (QED) is 0.443. The van der Waals surface area contributed by atoms with Crippen molar-refractivity contribution in [3.63, 3.8) is 0 Å². The summed E-state index contributed by atoms with van der Waals surface area (Å²) in [5.74, 6) is 0. The molecule has 5 heterocycles. The van der Waals surface area contributed by atoms with E-state index in [2.05, 4.69) is 31.2 Å². The Morgan fingerprint density at radius 2 is 0.900 bits per heavy atom. The third-order valence-electron chi connectivity index (χ3n) is 6.35. The van der Waals surface area contributed by atoms with Crippen LogP contribution in [0.25, 0.3) is 21.3 Å². The van der Waals surface area contributed by atoms with Crippen molar-refractivity contribution in [3.05, 3.63) is 40.0 Å². The minimum absolute atomic E-state index is 0. The van der Waals surface area contributed by atoms with Crippen molar-refractivity contribution in [1.82, 2.24) is 9.97 Å². The molecule has 4 fully saturated rings. The molecule has 0 aliphatic carbocycles. The minimum Gasteiger partial charge on any atom is -0.661 e. The van der Waals surface area contributed by atoms with Crippen LogP contribution in [-0.2, 0) is 19.8 Å². The van der Waals surface area contributed by atoms with Crippen LogP contribution >= 0.6 is 0 Å². The Morgan fingerprint density at radius 3 is 1.07 bits per heavy atom. The summed E-state index contributed by atoms with van der Waals surface area (Å²) in [7, 11) is 0. The molecule has 6 nitrogen and oxygen atoms in total. The van der Waals surface area contributed by atoms with Crippen molar-refractivity contribution >= 4 is 0 Å². The number of hydrogen-bond acceptors (Lipinski definition) is 1. The van der Waals surface area contributed by atoms with Crippen molar-refractivity contribution in [2.45, 2.75) is 101 Å². The Balaban J connectivity index is 0.000000170. The fourth-order valence-electron chi connectivity index (χ4n) is 4.70. The van der Waals surface area contributed by atoms with Gasteiger partial charge in [-0.25, -0.2) is 0 Å². The van der Waals surface area contributed by atoms with Gasteiger partial charge in [0, 0.05) is 0 Å². The van der Waals surface area contributed by atoms with Gasteiger partial charge in [0.1, 0.15) is 0 Å². The topological polar surface area (TPSA) is 83.4 Å². The number of rotatable bonds is 2. The van der Waals surface area contributed by atoms with E-state index in [1.165, 1.54) is 83.4 Å². The average Bonchev–Trinajstić information content (AvgIpc) is 3.42. The Labute approximate surface area is 197 Å². The van der Waals surface area contributed by atoms with Crippen molar-refractivity contribution in [2.75, 3.05) is 26.2 Å². The summed E-state index contributed by atoms with van der Waals surface area (Å²) in [6, 6.07) is 2.39. The Hall–Kier alpha value is -0.314. The van der Waals surface area contributed by atoms with Gasteiger partial charge in [-0.2, -0.15) is 24.2 Å². The summed E-state index contributed by atoms with van der Waals surface area (Å²) in [6.45, 7) is 4.38. The molecule has 0 bridgehead atoms. The maximum atomic E-state index is 4.66. The summed E-state index contributed by atoms with van der Waals surface area (Å²) in [5.41, 5.74) is 0. The zero-order chi connectivity index (χ0) is 20.0. The predicted molar refractivity (Wildman–Crippen MR) is 121 cm³/mol. The van der Waals surface area contributed by atoms with Gasteiger partial charge >= 0.3 is 19.8 Å². The smallest absolute Gasteiger partial charge is 0.661 e. The van der Waals surface area contributed by atoms with Crippen LogP contribution in [0.4, 0.5) is 0 Å². The molecule has 4 unspecified atom stereocenters. The first-order valence-electron chi connectivity index (χ1n) is 12.0. The second-order valence-electron chi connectivity index (χ2n) is 8.59. The first-order chi connectivity index (χ1) is 14.4. The van der Waals surface area contributed by atoms with E-state index >= 15 is 0 Å². The van der Waals surface area contributed by atoms with Crippen molar-refractivity contribution < 1.29 is 19.8 Å². The van der Waals surface area contributed by atoms with E-state index < -0.39 is 0 Å². The molecule has 1 radical (unpaired) electrons. The number of nitrogens with zero attached hydrogens (tertiary/aromatic N) is 6. The van der Waals surface area contributed by atoms with Gasteiger partial charge < -0.3 is 31.2 Å². The van der Waals surface area contributed by atoms with E-state index in [0.717, 1.165) is 26.2 Å². The summed E-state index contributed by atoms with van der Waals surface area (Å²) in [4.78, 5) is 7.22. The van der Waals surface area contributed by atoms with Crippen molar-refractivity contribution in [3.8, 4) is 0 Å². The molecule has 0 amide bonds. The number of aromatic nitrogens is 2. The Bertz CT molecular complexity index is 395. The summed E-state index contributed by atoms with van der Waals surface area (Å²) < 4.78 is 0. The van der Waals surface area contributed by atoms with Crippen LogP contribution in [0, 0.1) is 0 Å². The first-order valence-corrected chi connectivity index (χ1v) is 12.0. The minimum atomic E-state index is 0. The molecule has 5 rings (SSSR count). The Kier molecular flexibility index (Phi) is 14.1. The summed E-state index contributed by atoms with van der Waals surface area (Å²) in [5, 5.41) is 18.6. The number of imidazole rings is 1. The van der Waals surface area contributed by atoms with E-state index in [9.17, 15) is 0 Å². The number of hydrogen-bond donors (Lipinski definition) is 0. The Morgan fingerprint density at radius 1 is 0.533 bits per heavy atom. The van der Waals surface area contributed by atoms with E-state index in [0.29, 0.717) is 24.2 Å². The molecule has 0 N–H and O–H groups in total. The fourth-order valence-corrected chi connectivity index (χ4v) is 4.70. The normalized spacial score (nSPS) is 31.7. The van der Waals surface area contributed by atoms with Crippen molar-refractivity contribution in [1.29, 1.82) is 0 Å². The van der Waals surface area contributed by atoms with Crippen LogP contribution in [0.3, 0.4) is 0 Å². The third-order valence-corrected chi connectivity index (χ3v) is 6.35. The molecule has 4 aliphatic heterocycles. The molecule has 1 aromatic rings. The second-order valence-corrected chi connectivity index (χ2v) is 8.59. The van der Waals surface area contributed by atoms with Crippen LogP contribution in [-0.4, -0.2) is 55.3 Å².